The zero-order valence-corrected chi connectivity index (χ0v) is 17.8. The number of carbonyl (C=O) groups is 1. The molecule has 0 radical (unpaired) electrons. The monoisotopic (exact) mass is 429 g/mol. The Kier molecular flexibility index (Phi) is 6.75. The Bertz CT molecular complexity index is 962. The predicted molar refractivity (Wildman–Crippen MR) is 111 cm³/mol. The van der Waals surface area contributed by atoms with E-state index in [1.165, 1.54) is 20.2 Å². The van der Waals surface area contributed by atoms with Crippen molar-refractivity contribution in [3.05, 3.63) is 57.6 Å². The third kappa shape index (κ3) is 5.13. The quantitative estimate of drug-likeness (QED) is 0.757. The average Bonchev–Trinajstić information content (AvgIpc) is 2.58. The standard InChI is InChI=1S/C18H21Cl2N3O3S/c1-12-5-6-13(2)17(9-12)23(27(25,26)22(3)4)11-18(24)21-16-10-14(19)7-8-15(16)20/h5-10H,11H2,1-4H3,(H,21,24). The number of benzene rings is 2. The lowest BCUT2D eigenvalue weighted by molar-refractivity contribution is -0.114. The molecule has 0 spiro atoms. The number of nitrogens with zero attached hydrogens (tertiary/aromatic N) is 2. The molecule has 1 N–H and O–H groups in total. The summed E-state index contributed by atoms with van der Waals surface area (Å²) in [5, 5.41) is 3.33. The van der Waals surface area contributed by atoms with Crippen molar-refractivity contribution in [2.24, 2.45) is 0 Å². The zero-order valence-electron chi connectivity index (χ0n) is 15.5. The van der Waals surface area contributed by atoms with Gasteiger partial charge in [-0.2, -0.15) is 12.7 Å². The molecule has 0 aliphatic carbocycles. The van der Waals surface area contributed by atoms with Crippen molar-refractivity contribution in [2.45, 2.75) is 13.8 Å². The summed E-state index contributed by atoms with van der Waals surface area (Å²) < 4.78 is 27.8. The van der Waals surface area contributed by atoms with Gasteiger partial charge >= 0.3 is 10.2 Å². The normalized spacial score (nSPS) is 11.5. The van der Waals surface area contributed by atoms with E-state index in [1.807, 2.05) is 19.1 Å². The first-order chi connectivity index (χ1) is 12.5. The van der Waals surface area contributed by atoms with Crippen LogP contribution in [0.1, 0.15) is 11.1 Å². The summed E-state index contributed by atoms with van der Waals surface area (Å²) >= 11 is 12.0. The number of carbonyl (C=O) groups excluding carboxylic acids is 1. The Morgan fingerprint density at radius 1 is 1.07 bits per heavy atom. The van der Waals surface area contributed by atoms with Gasteiger partial charge in [0.25, 0.3) is 0 Å². The number of amides is 1. The van der Waals surface area contributed by atoms with Crippen molar-refractivity contribution in [1.82, 2.24) is 4.31 Å². The Labute approximate surface area is 169 Å². The highest BCUT2D eigenvalue weighted by atomic mass is 35.5. The summed E-state index contributed by atoms with van der Waals surface area (Å²) in [6.45, 7) is 3.24. The second-order valence-electron chi connectivity index (χ2n) is 6.26. The van der Waals surface area contributed by atoms with Crippen molar-refractivity contribution in [3.63, 3.8) is 0 Å². The van der Waals surface area contributed by atoms with E-state index in [-0.39, 0.29) is 0 Å². The van der Waals surface area contributed by atoms with Crippen molar-refractivity contribution in [1.29, 1.82) is 0 Å². The lowest BCUT2D eigenvalue weighted by Crippen LogP contribution is -2.44. The van der Waals surface area contributed by atoms with E-state index in [0.29, 0.717) is 21.4 Å². The van der Waals surface area contributed by atoms with Crippen LogP contribution in [0.5, 0.6) is 0 Å². The van der Waals surface area contributed by atoms with Crippen molar-refractivity contribution >= 4 is 50.7 Å². The fourth-order valence-corrected chi connectivity index (χ4v) is 3.85. The highest BCUT2D eigenvalue weighted by molar-refractivity contribution is 7.90. The van der Waals surface area contributed by atoms with Crippen LogP contribution < -0.4 is 9.62 Å². The van der Waals surface area contributed by atoms with Crippen LogP contribution in [0, 0.1) is 13.8 Å². The minimum atomic E-state index is -3.89. The van der Waals surface area contributed by atoms with Gasteiger partial charge in [-0.25, -0.2) is 4.31 Å². The molecule has 0 aromatic heterocycles. The molecule has 6 nitrogen and oxygen atoms in total. The van der Waals surface area contributed by atoms with E-state index in [2.05, 4.69) is 5.32 Å². The summed E-state index contributed by atoms with van der Waals surface area (Å²) in [4.78, 5) is 12.6. The minimum Gasteiger partial charge on any atom is -0.323 e. The van der Waals surface area contributed by atoms with E-state index < -0.39 is 22.7 Å². The molecule has 0 atom stereocenters. The van der Waals surface area contributed by atoms with Crippen molar-refractivity contribution < 1.29 is 13.2 Å². The lowest BCUT2D eigenvalue weighted by Gasteiger charge is -2.28. The number of aryl methyl sites for hydroxylation is 2. The maximum atomic E-state index is 12.8. The Morgan fingerprint density at radius 2 is 1.74 bits per heavy atom. The van der Waals surface area contributed by atoms with Gasteiger partial charge in [0.15, 0.2) is 0 Å². The Balaban J connectivity index is 2.39. The largest absolute Gasteiger partial charge is 0.323 e. The Morgan fingerprint density at radius 3 is 2.37 bits per heavy atom. The molecule has 27 heavy (non-hydrogen) atoms. The van der Waals surface area contributed by atoms with Crippen molar-refractivity contribution in [3.8, 4) is 0 Å². The fraction of sp³-hybridized carbons (Fsp3) is 0.278. The van der Waals surface area contributed by atoms with Crippen LogP contribution in [0.25, 0.3) is 0 Å². The summed E-state index contributed by atoms with van der Waals surface area (Å²) in [6.07, 6.45) is 0. The van der Waals surface area contributed by atoms with Crippen LogP contribution in [0.2, 0.25) is 10.0 Å². The first kappa shape index (κ1) is 21.5. The molecular formula is C18H21Cl2N3O3S. The Hall–Kier alpha value is -1.80. The van der Waals surface area contributed by atoms with E-state index >= 15 is 0 Å². The fourth-order valence-electron chi connectivity index (χ4n) is 2.39. The van der Waals surface area contributed by atoms with Crippen LogP contribution in [0.15, 0.2) is 36.4 Å². The van der Waals surface area contributed by atoms with E-state index in [4.69, 9.17) is 23.2 Å². The van der Waals surface area contributed by atoms with E-state index in [9.17, 15) is 13.2 Å². The molecule has 2 rings (SSSR count). The molecule has 2 aromatic carbocycles. The molecular weight excluding hydrogens is 409 g/mol. The molecule has 0 fully saturated rings. The molecule has 0 aliphatic heterocycles. The molecule has 146 valence electrons. The summed E-state index contributed by atoms with van der Waals surface area (Å²) in [7, 11) is -1.06. The highest BCUT2D eigenvalue weighted by Gasteiger charge is 2.28. The second-order valence-corrected chi connectivity index (χ2v) is 9.17. The first-order valence-electron chi connectivity index (χ1n) is 8.04. The van der Waals surface area contributed by atoms with Crippen LogP contribution in [0.3, 0.4) is 0 Å². The van der Waals surface area contributed by atoms with Crippen LogP contribution in [0.4, 0.5) is 11.4 Å². The van der Waals surface area contributed by atoms with Crippen LogP contribution in [-0.4, -0.2) is 39.3 Å². The third-order valence-electron chi connectivity index (χ3n) is 3.86. The van der Waals surface area contributed by atoms with Gasteiger partial charge in [0.2, 0.25) is 5.91 Å². The minimum absolute atomic E-state index is 0.307. The average molecular weight is 430 g/mol. The number of hydrogen-bond donors (Lipinski definition) is 1. The summed E-state index contributed by atoms with van der Waals surface area (Å²) in [6, 6.07) is 10.1. The molecule has 0 bridgehead atoms. The van der Waals surface area contributed by atoms with Crippen LogP contribution in [-0.2, 0) is 15.0 Å². The van der Waals surface area contributed by atoms with Gasteiger partial charge in [-0.15, -0.1) is 0 Å². The number of anilines is 2. The van der Waals surface area contributed by atoms with Gasteiger partial charge in [-0.1, -0.05) is 35.3 Å². The van der Waals surface area contributed by atoms with Gasteiger partial charge in [0, 0.05) is 19.1 Å². The summed E-state index contributed by atoms with van der Waals surface area (Å²) in [5.41, 5.74) is 2.38. The number of halogens is 2. The molecule has 2 aromatic rings. The first-order valence-corrected chi connectivity index (χ1v) is 10.2. The molecule has 0 saturated carbocycles. The van der Waals surface area contributed by atoms with Gasteiger partial charge in [-0.3, -0.25) is 4.79 Å². The lowest BCUT2D eigenvalue weighted by atomic mass is 10.1. The molecule has 0 heterocycles. The maximum absolute atomic E-state index is 12.8. The highest BCUT2D eigenvalue weighted by Crippen LogP contribution is 2.27. The van der Waals surface area contributed by atoms with Crippen molar-refractivity contribution in [2.75, 3.05) is 30.3 Å². The van der Waals surface area contributed by atoms with E-state index in [0.717, 1.165) is 19.7 Å². The SMILES string of the molecule is Cc1ccc(C)c(N(CC(=O)Nc2cc(Cl)ccc2Cl)S(=O)(=O)N(C)C)c1. The van der Waals surface area contributed by atoms with Gasteiger partial charge in [-0.05, 0) is 49.2 Å². The maximum Gasteiger partial charge on any atom is 0.304 e. The molecule has 0 unspecified atom stereocenters. The third-order valence-corrected chi connectivity index (χ3v) is 6.23. The topological polar surface area (TPSA) is 69.7 Å². The zero-order chi connectivity index (χ0) is 20.4. The van der Waals surface area contributed by atoms with Crippen LogP contribution >= 0.6 is 23.2 Å². The number of hydrogen-bond acceptors (Lipinski definition) is 3. The second kappa shape index (κ2) is 8.48. The number of nitrogens with one attached hydrogen (secondary N) is 1. The van der Waals surface area contributed by atoms with Gasteiger partial charge < -0.3 is 5.32 Å². The molecule has 0 aliphatic rings. The molecule has 0 saturated heterocycles. The van der Waals surface area contributed by atoms with E-state index in [1.54, 1.807) is 25.1 Å². The molecule has 1 amide bonds. The predicted octanol–water partition coefficient (Wildman–Crippen LogP) is 3.86. The number of rotatable bonds is 6. The summed E-state index contributed by atoms with van der Waals surface area (Å²) in [5.74, 6) is -0.537. The van der Waals surface area contributed by atoms with Gasteiger partial charge in [0.05, 0.1) is 16.4 Å². The smallest absolute Gasteiger partial charge is 0.304 e. The molecule has 9 heteroatoms. The van der Waals surface area contributed by atoms with Gasteiger partial charge in [0.1, 0.15) is 6.54 Å².